The molecular formula is C15H12ClN5. The number of hydrogen-bond donors (Lipinski definition) is 0. The van der Waals surface area contributed by atoms with Gasteiger partial charge in [-0.1, -0.05) is 11.6 Å². The molecule has 2 aromatic heterocycles. The van der Waals surface area contributed by atoms with Crippen molar-refractivity contribution in [2.24, 2.45) is 0 Å². The summed E-state index contributed by atoms with van der Waals surface area (Å²) in [7, 11) is 0. The molecule has 2 heterocycles. The Morgan fingerprint density at radius 2 is 2.05 bits per heavy atom. The predicted octanol–water partition coefficient (Wildman–Crippen LogP) is 3.60. The summed E-state index contributed by atoms with van der Waals surface area (Å²) < 4.78 is 1.97. The highest BCUT2D eigenvalue weighted by Crippen LogP contribution is 2.29. The van der Waals surface area contributed by atoms with Crippen LogP contribution in [-0.2, 0) is 0 Å². The first-order chi connectivity index (χ1) is 10.1. The summed E-state index contributed by atoms with van der Waals surface area (Å²) in [4.78, 5) is 13.0. The molecule has 104 valence electrons. The largest absolute Gasteiger partial charge is 0.313 e. The third kappa shape index (κ3) is 2.24. The second-order valence-corrected chi connectivity index (χ2v) is 5.38. The van der Waals surface area contributed by atoms with Crippen molar-refractivity contribution in [3.63, 3.8) is 0 Å². The van der Waals surface area contributed by atoms with Crippen molar-refractivity contribution in [2.75, 3.05) is 0 Å². The first-order valence-electron chi connectivity index (χ1n) is 6.49. The molecule has 0 bridgehead atoms. The van der Waals surface area contributed by atoms with Crippen LogP contribution in [0.2, 0.25) is 5.02 Å². The normalized spacial score (nSPS) is 11.0. The van der Waals surface area contributed by atoms with Crippen LogP contribution in [0.3, 0.4) is 0 Å². The zero-order chi connectivity index (χ0) is 15.0. The van der Waals surface area contributed by atoms with Gasteiger partial charge in [0, 0.05) is 16.6 Å². The van der Waals surface area contributed by atoms with Gasteiger partial charge in [0.2, 0.25) is 0 Å². The van der Waals surface area contributed by atoms with Gasteiger partial charge >= 0.3 is 0 Å². The maximum Gasteiger partial charge on any atom is 0.164 e. The Morgan fingerprint density at radius 3 is 2.76 bits per heavy atom. The molecule has 0 aliphatic carbocycles. The van der Waals surface area contributed by atoms with Gasteiger partial charge in [-0.2, -0.15) is 5.26 Å². The highest BCUT2D eigenvalue weighted by Gasteiger charge is 2.15. The summed E-state index contributed by atoms with van der Waals surface area (Å²) >= 11 is 5.94. The Kier molecular flexibility index (Phi) is 3.32. The highest BCUT2D eigenvalue weighted by molar-refractivity contribution is 6.30. The van der Waals surface area contributed by atoms with Gasteiger partial charge < -0.3 is 4.57 Å². The van der Waals surface area contributed by atoms with E-state index in [9.17, 15) is 5.26 Å². The van der Waals surface area contributed by atoms with E-state index < -0.39 is 0 Å². The lowest BCUT2D eigenvalue weighted by atomic mass is 10.0. The van der Waals surface area contributed by atoms with Crippen LogP contribution in [0.1, 0.15) is 25.5 Å². The average molecular weight is 298 g/mol. The molecule has 0 atom stereocenters. The highest BCUT2D eigenvalue weighted by atomic mass is 35.5. The number of imidazole rings is 1. The Hall–Kier alpha value is -2.45. The Balaban J connectivity index is 2.29. The van der Waals surface area contributed by atoms with Crippen molar-refractivity contribution in [3.8, 4) is 17.3 Å². The van der Waals surface area contributed by atoms with E-state index in [4.69, 9.17) is 11.6 Å². The minimum Gasteiger partial charge on any atom is -0.313 e. The SMILES string of the molecule is CC(C)n1cnc2c(-c3ccc(Cl)cc3C#N)ncnc21. The van der Waals surface area contributed by atoms with E-state index in [1.54, 1.807) is 24.5 Å². The van der Waals surface area contributed by atoms with Crippen molar-refractivity contribution >= 4 is 22.8 Å². The average Bonchev–Trinajstić information content (AvgIpc) is 2.91. The molecule has 5 nitrogen and oxygen atoms in total. The van der Waals surface area contributed by atoms with Crippen molar-refractivity contribution < 1.29 is 0 Å². The summed E-state index contributed by atoms with van der Waals surface area (Å²) in [6.45, 7) is 4.12. The number of benzene rings is 1. The lowest BCUT2D eigenvalue weighted by Gasteiger charge is -2.08. The Morgan fingerprint density at radius 1 is 1.24 bits per heavy atom. The van der Waals surface area contributed by atoms with Gasteiger partial charge in [0.05, 0.1) is 18.0 Å². The van der Waals surface area contributed by atoms with Gasteiger partial charge in [0.15, 0.2) is 5.65 Å². The third-order valence-electron chi connectivity index (χ3n) is 3.27. The number of nitrogens with zero attached hydrogens (tertiary/aromatic N) is 5. The van der Waals surface area contributed by atoms with Crippen molar-refractivity contribution in [1.82, 2.24) is 19.5 Å². The molecule has 0 fully saturated rings. The second-order valence-electron chi connectivity index (χ2n) is 4.94. The van der Waals surface area contributed by atoms with Crippen LogP contribution in [0.5, 0.6) is 0 Å². The van der Waals surface area contributed by atoms with E-state index in [1.807, 2.05) is 4.57 Å². The molecule has 0 saturated carbocycles. The van der Waals surface area contributed by atoms with Gasteiger partial charge in [-0.3, -0.25) is 0 Å². The molecule has 0 amide bonds. The van der Waals surface area contributed by atoms with Gasteiger partial charge in [-0.05, 0) is 32.0 Å². The molecule has 0 spiro atoms. The van der Waals surface area contributed by atoms with Gasteiger partial charge in [0.1, 0.15) is 17.5 Å². The zero-order valence-corrected chi connectivity index (χ0v) is 12.3. The van der Waals surface area contributed by atoms with Crippen LogP contribution < -0.4 is 0 Å². The van der Waals surface area contributed by atoms with E-state index >= 15 is 0 Å². The minimum atomic E-state index is 0.249. The van der Waals surface area contributed by atoms with Crippen LogP contribution >= 0.6 is 11.6 Å². The minimum absolute atomic E-state index is 0.249. The zero-order valence-electron chi connectivity index (χ0n) is 11.6. The van der Waals surface area contributed by atoms with Crippen molar-refractivity contribution in [1.29, 1.82) is 5.26 Å². The number of halogens is 1. The monoisotopic (exact) mass is 297 g/mol. The second kappa shape index (κ2) is 5.15. The van der Waals surface area contributed by atoms with Crippen LogP contribution in [0.25, 0.3) is 22.4 Å². The predicted molar refractivity (Wildman–Crippen MR) is 80.9 cm³/mol. The molecule has 6 heteroatoms. The molecular weight excluding hydrogens is 286 g/mol. The molecule has 0 aliphatic heterocycles. The fraction of sp³-hybridized carbons (Fsp3) is 0.200. The first-order valence-corrected chi connectivity index (χ1v) is 6.87. The first kappa shape index (κ1) is 13.5. The number of aromatic nitrogens is 4. The maximum absolute atomic E-state index is 9.29. The van der Waals surface area contributed by atoms with Crippen LogP contribution in [0, 0.1) is 11.3 Å². The van der Waals surface area contributed by atoms with E-state index in [1.165, 1.54) is 6.33 Å². The van der Waals surface area contributed by atoms with E-state index in [2.05, 4.69) is 34.9 Å². The quantitative estimate of drug-likeness (QED) is 0.725. The topological polar surface area (TPSA) is 67.4 Å². The Labute approximate surface area is 126 Å². The van der Waals surface area contributed by atoms with Crippen LogP contribution in [0.15, 0.2) is 30.9 Å². The molecule has 1 aromatic carbocycles. The molecule has 3 aromatic rings. The number of nitriles is 1. The summed E-state index contributed by atoms with van der Waals surface area (Å²) in [6.07, 6.45) is 3.24. The molecule has 0 radical (unpaired) electrons. The van der Waals surface area contributed by atoms with Crippen LogP contribution in [0.4, 0.5) is 0 Å². The van der Waals surface area contributed by atoms with Crippen molar-refractivity contribution in [2.45, 2.75) is 19.9 Å². The lowest BCUT2D eigenvalue weighted by molar-refractivity contribution is 0.612. The van der Waals surface area contributed by atoms with Gasteiger partial charge in [-0.15, -0.1) is 0 Å². The summed E-state index contributed by atoms with van der Waals surface area (Å²) in [5, 5.41) is 9.81. The number of rotatable bonds is 2. The van der Waals surface area contributed by atoms with E-state index in [-0.39, 0.29) is 6.04 Å². The molecule has 0 aliphatic rings. The standard InChI is InChI=1S/C15H12ClN5/c1-9(2)21-8-20-14-13(18-7-19-15(14)21)12-4-3-11(16)5-10(12)6-17/h3-5,7-9H,1-2H3. The molecule has 0 unspecified atom stereocenters. The lowest BCUT2D eigenvalue weighted by Crippen LogP contribution is -2.00. The van der Waals surface area contributed by atoms with Gasteiger partial charge in [0.25, 0.3) is 0 Å². The smallest absolute Gasteiger partial charge is 0.164 e. The van der Waals surface area contributed by atoms with E-state index in [0.29, 0.717) is 27.4 Å². The summed E-state index contributed by atoms with van der Waals surface area (Å²) in [6, 6.07) is 7.56. The number of fused-ring (bicyclic) bond motifs is 1. The molecule has 3 rings (SSSR count). The Bertz CT molecular complexity index is 860. The fourth-order valence-corrected chi connectivity index (χ4v) is 2.41. The fourth-order valence-electron chi connectivity index (χ4n) is 2.24. The van der Waals surface area contributed by atoms with Gasteiger partial charge in [-0.25, -0.2) is 15.0 Å². The van der Waals surface area contributed by atoms with Crippen molar-refractivity contribution in [3.05, 3.63) is 41.4 Å². The maximum atomic E-state index is 9.29. The third-order valence-corrected chi connectivity index (χ3v) is 3.51. The summed E-state index contributed by atoms with van der Waals surface area (Å²) in [5.41, 5.74) is 3.27. The molecule has 0 saturated heterocycles. The molecule has 21 heavy (non-hydrogen) atoms. The van der Waals surface area contributed by atoms with Crippen LogP contribution in [-0.4, -0.2) is 19.5 Å². The molecule has 0 N–H and O–H groups in total. The van der Waals surface area contributed by atoms with E-state index in [0.717, 1.165) is 5.65 Å². The number of hydrogen-bond acceptors (Lipinski definition) is 4. The summed E-state index contributed by atoms with van der Waals surface area (Å²) in [5.74, 6) is 0.